The van der Waals surface area contributed by atoms with Crippen LogP contribution in [0, 0.1) is 13.8 Å². The van der Waals surface area contributed by atoms with E-state index in [0.29, 0.717) is 21.9 Å². The fourth-order valence-electron chi connectivity index (χ4n) is 2.23. The normalized spacial score (nSPS) is 11.0. The molecular formula is C14H16N6OS. The first-order chi connectivity index (χ1) is 10.5. The van der Waals surface area contributed by atoms with Crippen LogP contribution in [0.15, 0.2) is 12.4 Å². The van der Waals surface area contributed by atoms with Crippen LogP contribution in [0.2, 0.25) is 0 Å². The molecule has 114 valence electrons. The monoisotopic (exact) mass is 316 g/mol. The number of aryl methyl sites for hydroxylation is 3. The number of carbonyl (C=O) groups is 1. The van der Waals surface area contributed by atoms with Gasteiger partial charge in [0.05, 0.1) is 17.6 Å². The average Bonchev–Trinajstić information content (AvgIpc) is 3.05. The van der Waals surface area contributed by atoms with E-state index in [0.717, 1.165) is 22.2 Å². The highest BCUT2D eigenvalue weighted by Crippen LogP contribution is 2.34. The molecule has 0 aromatic carbocycles. The molecular weight excluding hydrogens is 300 g/mol. The van der Waals surface area contributed by atoms with Gasteiger partial charge in [-0.2, -0.15) is 10.2 Å². The Kier molecular flexibility index (Phi) is 3.53. The number of hydrogen-bond donors (Lipinski definition) is 2. The van der Waals surface area contributed by atoms with Crippen molar-refractivity contribution in [2.24, 2.45) is 7.05 Å². The molecule has 7 nitrogen and oxygen atoms in total. The SMILES string of the molecule is Cc1nnc2sc(C(=O)NCc3cnn(C)c3)c(N)c2c1C. The Balaban J connectivity index is 1.88. The second-order valence-electron chi connectivity index (χ2n) is 5.14. The van der Waals surface area contributed by atoms with Crippen molar-refractivity contribution in [3.8, 4) is 0 Å². The van der Waals surface area contributed by atoms with Crippen LogP contribution >= 0.6 is 11.3 Å². The zero-order chi connectivity index (χ0) is 15.9. The Labute approximate surface area is 131 Å². The van der Waals surface area contributed by atoms with Gasteiger partial charge in [-0.15, -0.1) is 16.4 Å². The number of rotatable bonds is 3. The Hall–Kier alpha value is -2.48. The van der Waals surface area contributed by atoms with Crippen LogP contribution in [-0.2, 0) is 13.6 Å². The van der Waals surface area contributed by atoms with Crippen molar-refractivity contribution >= 4 is 33.1 Å². The highest BCUT2D eigenvalue weighted by molar-refractivity contribution is 7.21. The third-order valence-corrected chi connectivity index (χ3v) is 4.64. The topological polar surface area (TPSA) is 98.7 Å². The molecule has 0 aliphatic heterocycles. The number of aromatic nitrogens is 4. The van der Waals surface area contributed by atoms with Crippen molar-refractivity contribution < 1.29 is 4.79 Å². The standard InChI is InChI=1S/C14H16N6OS/c1-7-8(2)18-19-14-10(7)11(15)12(22-14)13(21)16-4-9-5-17-20(3)6-9/h5-6H,4,15H2,1-3H3,(H,16,21). The van der Waals surface area contributed by atoms with E-state index in [1.54, 1.807) is 10.9 Å². The Morgan fingerprint density at radius 3 is 2.86 bits per heavy atom. The van der Waals surface area contributed by atoms with Crippen molar-refractivity contribution in [2.75, 3.05) is 5.73 Å². The summed E-state index contributed by atoms with van der Waals surface area (Å²) in [5.74, 6) is -0.207. The lowest BCUT2D eigenvalue weighted by Crippen LogP contribution is -2.22. The van der Waals surface area contributed by atoms with Gasteiger partial charge in [0.15, 0.2) is 0 Å². The van der Waals surface area contributed by atoms with Crippen LogP contribution in [-0.4, -0.2) is 25.9 Å². The van der Waals surface area contributed by atoms with Crippen molar-refractivity contribution in [3.05, 3.63) is 34.1 Å². The largest absolute Gasteiger partial charge is 0.397 e. The number of nitrogens with one attached hydrogen (secondary N) is 1. The number of hydrogen-bond acceptors (Lipinski definition) is 6. The molecule has 22 heavy (non-hydrogen) atoms. The number of thiophene rings is 1. The summed E-state index contributed by atoms with van der Waals surface area (Å²) in [5.41, 5.74) is 9.33. The van der Waals surface area contributed by atoms with Crippen molar-refractivity contribution in [3.63, 3.8) is 0 Å². The summed E-state index contributed by atoms with van der Waals surface area (Å²) in [6.07, 6.45) is 3.57. The first-order valence-electron chi connectivity index (χ1n) is 6.75. The lowest BCUT2D eigenvalue weighted by molar-refractivity contribution is 0.0956. The highest BCUT2D eigenvalue weighted by Gasteiger charge is 2.19. The zero-order valence-electron chi connectivity index (χ0n) is 12.5. The number of amides is 1. The summed E-state index contributed by atoms with van der Waals surface area (Å²) in [7, 11) is 1.83. The lowest BCUT2D eigenvalue weighted by atomic mass is 10.1. The number of nitrogens with two attached hydrogens (primary N) is 1. The molecule has 0 aliphatic rings. The van der Waals surface area contributed by atoms with Gasteiger partial charge in [-0.25, -0.2) is 0 Å². The predicted molar refractivity (Wildman–Crippen MR) is 85.7 cm³/mol. The van der Waals surface area contributed by atoms with E-state index in [9.17, 15) is 4.79 Å². The van der Waals surface area contributed by atoms with Crippen LogP contribution in [0.25, 0.3) is 10.2 Å². The molecule has 3 aromatic rings. The molecule has 3 rings (SSSR count). The van der Waals surface area contributed by atoms with E-state index in [2.05, 4.69) is 20.6 Å². The number of nitrogen functional groups attached to an aromatic ring is 1. The Morgan fingerprint density at radius 1 is 1.41 bits per heavy atom. The highest BCUT2D eigenvalue weighted by atomic mass is 32.1. The van der Waals surface area contributed by atoms with Crippen LogP contribution in [0.5, 0.6) is 0 Å². The van der Waals surface area contributed by atoms with E-state index in [1.807, 2.05) is 27.1 Å². The minimum Gasteiger partial charge on any atom is -0.397 e. The van der Waals surface area contributed by atoms with Gasteiger partial charge in [0, 0.05) is 30.7 Å². The number of carbonyl (C=O) groups excluding carboxylic acids is 1. The summed E-state index contributed by atoms with van der Waals surface area (Å²) in [4.78, 5) is 13.5. The quantitative estimate of drug-likeness (QED) is 0.764. The van der Waals surface area contributed by atoms with E-state index in [4.69, 9.17) is 5.73 Å². The number of anilines is 1. The van der Waals surface area contributed by atoms with E-state index in [-0.39, 0.29) is 5.91 Å². The van der Waals surface area contributed by atoms with Gasteiger partial charge in [-0.1, -0.05) is 0 Å². The van der Waals surface area contributed by atoms with Gasteiger partial charge in [0.2, 0.25) is 0 Å². The summed E-state index contributed by atoms with van der Waals surface area (Å²) in [6, 6.07) is 0. The molecule has 3 N–H and O–H groups in total. The summed E-state index contributed by atoms with van der Waals surface area (Å²) < 4.78 is 1.69. The van der Waals surface area contributed by atoms with Gasteiger partial charge in [0.25, 0.3) is 5.91 Å². The molecule has 0 atom stereocenters. The fraction of sp³-hybridized carbons (Fsp3) is 0.286. The van der Waals surface area contributed by atoms with Gasteiger partial charge in [-0.05, 0) is 19.4 Å². The molecule has 0 saturated carbocycles. The van der Waals surface area contributed by atoms with E-state index < -0.39 is 0 Å². The molecule has 0 aliphatic carbocycles. The Morgan fingerprint density at radius 2 is 2.18 bits per heavy atom. The van der Waals surface area contributed by atoms with Crippen LogP contribution in [0.4, 0.5) is 5.69 Å². The van der Waals surface area contributed by atoms with Crippen molar-refractivity contribution in [1.82, 2.24) is 25.3 Å². The maximum absolute atomic E-state index is 12.4. The third kappa shape index (κ3) is 2.41. The van der Waals surface area contributed by atoms with E-state index >= 15 is 0 Å². The molecule has 0 bridgehead atoms. The van der Waals surface area contributed by atoms with Gasteiger partial charge in [-0.3, -0.25) is 9.48 Å². The molecule has 8 heteroatoms. The maximum Gasteiger partial charge on any atom is 0.263 e. The van der Waals surface area contributed by atoms with Crippen LogP contribution in [0.3, 0.4) is 0 Å². The minimum absolute atomic E-state index is 0.207. The maximum atomic E-state index is 12.4. The summed E-state index contributed by atoms with van der Waals surface area (Å²) >= 11 is 1.26. The summed E-state index contributed by atoms with van der Waals surface area (Å²) in [6.45, 7) is 4.22. The van der Waals surface area contributed by atoms with Crippen molar-refractivity contribution in [1.29, 1.82) is 0 Å². The molecule has 0 spiro atoms. The smallest absolute Gasteiger partial charge is 0.263 e. The number of fused-ring (bicyclic) bond motifs is 1. The predicted octanol–water partition coefficient (Wildman–Crippen LogP) is 1.55. The minimum atomic E-state index is -0.207. The first kappa shape index (κ1) is 14.5. The second kappa shape index (κ2) is 5.38. The molecule has 0 fully saturated rings. The molecule has 3 aromatic heterocycles. The third-order valence-electron chi connectivity index (χ3n) is 3.55. The molecule has 0 saturated heterocycles. The molecule has 1 amide bonds. The van der Waals surface area contributed by atoms with Gasteiger partial charge < -0.3 is 11.1 Å². The molecule has 0 radical (unpaired) electrons. The first-order valence-corrected chi connectivity index (χ1v) is 7.56. The van der Waals surface area contributed by atoms with E-state index in [1.165, 1.54) is 11.3 Å². The van der Waals surface area contributed by atoms with Crippen LogP contribution < -0.4 is 11.1 Å². The summed E-state index contributed by atoms with van der Waals surface area (Å²) in [5, 5.41) is 15.9. The van der Waals surface area contributed by atoms with Crippen molar-refractivity contribution in [2.45, 2.75) is 20.4 Å². The number of nitrogens with zero attached hydrogens (tertiary/aromatic N) is 4. The molecule has 0 unspecified atom stereocenters. The zero-order valence-corrected chi connectivity index (χ0v) is 13.4. The molecule has 3 heterocycles. The van der Waals surface area contributed by atoms with Crippen LogP contribution in [0.1, 0.15) is 26.5 Å². The average molecular weight is 316 g/mol. The van der Waals surface area contributed by atoms with Gasteiger partial charge in [0.1, 0.15) is 9.71 Å². The Bertz CT molecular complexity index is 866. The fourth-order valence-corrected chi connectivity index (χ4v) is 3.25. The lowest BCUT2D eigenvalue weighted by Gasteiger charge is -2.03. The van der Waals surface area contributed by atoms with Gasteiger partial charge >= 0.3 is 0 Å². The second-order valence-corrected chi connectivity index (χ2v) is 6.14.